The second kappa shape index (κ2) is 11.8. The number of methoxy groups -OCH3 is 1. The average Bonchev–Trinajstić information content (AvgIpc) is 2.86. The second-order valence-electron chi connectivity index (χ2n) is 7.50. The molecule has 1 saturated heterocycles. The van der Waals surface area contributed by atoms with Gasteiger partial charge in [-0.3, -0.25) is 25.2 Å². The van der Waals surface area contributed by atoms with Gasteiger partial charge in [0, 0.05) is 24.6 Å². The van der Waals surface area contributed by atoms with Crippen molar-refractivity contribution in [3.05, 3.63) is 54.1 Å². The first-order chi connectivity index (χ1) is 16.0. The third kappa shape index (κ3) is 6.61. The highest BCUT2D eigenvalue weighted by atomic mass is 16.5. The van der Waals surface area contributed by atoms with Crippen LogP contribution in [-0.2, 0) is 9.59 Å². The number of rotatable bonds is 8. The molecule has 0 aromatic heterocycles. The molecular weight excluding hydrogens is 426 g/mol. The van der Waals surface area contributed by atoms with Crippen LogP contribution in [0.25, 0.3) is 0 Å². The summed E-state index contributed by atoms with van der Waals surface area (Å²) in [6, 6.07) is 13.9. The highest BCUT2D eigenvalue weighted by Crippen LogP contribution is 2.28. The third-order valence-electron chi connectivity index (χ3n) is 5.35. The monoisotopic (exact) mass is 455 g/mol. The Morgan fingerprint density at radius 1 is 0.970 bits per heavy atom. The maximum absolute atomic E-state index is 12.5. The maximum atomic E-state index is 12.5. The lowest BCUT2D eigenvalue weighted by Crippen LogP contribution is -2.48. The summed E-state index contributed by atoms with van der Waals surface area (Å²) in [7, 11) is 1.49. The molecule has 2 aromatic carbocycles. The summed E-state index contributed by atoms with van der Waals surface area (Å²) in [4.78, 5) is 38.9. The van der Waals surface area contributed by atoms with Gasteiger partial charge in [-0.05, 0) is 50.1 Å². The molecule has 0 unspecified atom stereocenters. The first kappa shape index (κ1) is 23.9. The Hall–Kier alpha value is -3.75. The van der Waals surface area contributed by atoms with E-state index in [-0.39, 0.29) is 24.3 Å². The molecule has 3 rings (SSSR count). The van der Waals surface area contributed by atoms with Gasteiger partial charge in [0.05, 0.1) is 13.7 Å². The van der Waals surface area contributed by atoms with Crippen molar-refractivity contribution in [3.8, 4) is 17.2 Å². The molecule has 2 aromatic rings. The van der Waals surface area contributed by atoms with Gasteiger partial charge in [0.1, 0.15) is 5.75 Å². The fourth-order valence-electron chi connectivity index (χ4n) is 3.52. The summed E-state index contributed by atoms with van der Waals surface area (Å²) >= 11 is 0. The number of nitrogens with zero attached hydrogens (tertiary/aromatic N) is 1. The number of likely N-dealkylation sites (tertiary alicyclic amines) is 1. The zero-order valence-electron chi connectivity index (χ0n) is 18.8. The number of ether oxygens (including phenoxy) is 3. The minimum atomic E-state index is -0.463. The number of benzene rings is 2. The summed E-state index contributed by atoms with van der Waals surface area (Å²) in [6.45, 7) is 3.21. The second-order valence-corrected chi connectivity index (χ2v) is 7.50. The van der Waals surface area contributed by atoms with Crippen molar-refractivity contribution in [2.75, 3.05) is 33.4 Å². The van der Waals surface area contributed by atoms with Crippen LogP contribution >= 0.6 is 0 Å². The summed E-state index contributed by atoms with van der Waals surface area (Å²) in [5, 5.41) is 0. The third-order valence-corrected chi connectivity index (χ3v) is 5.35. The van der Waals surface area contributed by atoms with Crippen molar-refractivity contribution in [2.45, 2.75) is 19.8 Å². The number of hydrogen-bond acceptors (Lipinski definition) is 6. The van der Waals surface area contributed by atoms with Crippen LogP contribution in [0.5, 0.6) is 17.2 Å². The van der Waals surface area contributed by atoms with Gasteiger partial charge in [0.2, 0.25) is 5.91 Å². The van der Waals surface area contributed by atoms with Crippen molar-refractivity contribution in [3.63, 3.8) is 0 Å². The molecule has 1 aliphatic heterocycles. The van der Waals surface area contributed by atoms with Crippen molar-refractivity contribution in [1.29, 1.82) is 0 Å². The van der Waals surface area contributed by atoms with Gasteiger partial charge in [-0.25, -0.2) is 0 Å². The van der Waals surface area contributed by atoms with E-state index in [0.29, 0.717) is 55.4 Å². The lowest BCUT2D eigenvalue weighted by molar-refractivity contribution is -0.137. The first-order valence-electron chi connectivity index (χ1n) is 10.9. The molecule has 2 N–H and O–H groups in total. The molecule has 0 saturated carbocycles. The number of carbonyl (C=O) groups excluding carboxylic acids is 3. The Balaban J connectivity index is 1.42. The zero-order valence-corrected chi connectivity index (χ0v) is 18.8. The SMILES string of the molecule is CCOc1ccc(C(=O)NNC(=O)C2CCN(C(=O)COc3ccccc3)CC2)cc1OC. The van der Waals surface area contributed by atoms with Gasteiger partial charge in [-0.15, -0.1) is 0 Å². The van der Waals surface area contributed by atoms with E-state index in [1.807, 2.05) is 25.1 Å². The Morgan fingerprint density at radius 3 is 2.36 bits per heavy atom. The quantitative estimate of drug-likeness (QED) is 0.591. The molecular formula is C24H29N3O6. The minimum absolute atomic E-state index is 0.0392. The summed E-state index contributed by atoms with van der Waals surface area (Å²) in [6.07, 6.45) is 1.02. The van der Waals surface area contributed by atoms with Crippen LogP contribution in [0.15, 0.2) is 48.5 Å². The Morgan fingerprint density at radius 2 is 1.70 bits per heavy atom. The lowest BCUT2D eigenvalue weighted by atomic mass is 9.96. The molecule has 3 amide bonds. The van der Waals surface area contributed by atoms with Crippen LogP contribution in [0.1, 0.15) is 30.1 Å². The molecule has 1 heterocycles. The van der Waals surface area contributed by atoms with Crippen LogP contribution in [0.2, 0.25) is 0 Å². The van der Waals surface area contributed by atoms with E-state index in [4.69, 9.17) is 14.2 Å². The Kier molecular flexibility index (Phi) is 8.51. The molecule has 0 aliphatic carbocycles. The van der Waals surface area contributed by atoms with E-state index in [1.165, 1.54) is 7.11 Å². The van der Waals surface area contributed by atoms with Crippen LogP contribution in [0.3, 0.4) is 0 Å². The number of hydrogen-bond donors (Lipinski definition) is 2. The molecule has 1 aliphatic rings. The molecule has 9 heteroatoms. The fraction of sp³-hybridized carbons (Fsp3) is 0.375. The number of piperidine rings is 1. The lowest BCUT2D eigenvalue weighted by Gasteiger charge is -2.31. The molecule has 0 bridgehead atoms. The van der Waals surface area contributed by atoms with Gasteiger partial charge in [0.15, 0.2) is 18.1 Å². The first-order valence-corrected chi connectivity index (χ1v) is 10.9. The predicted octanol–water partition coefficient (Wildman–Crippen LogP) is 2.17. The number of hydrazine groups is 1. The van der Waals surface area contributed by atoms with Gasteiger partial charge in [-0.1, -0.05) is 18.2 Å². The van der Waals surface area contributed by atoms with E-state index in [9.17, 15) is 14.4 Å². The van der Waals surface area contributed by atoms with E-state index in [2.05, 4.69) is 10.9 Å². The molecule has 0 radical (unpaired) electrons. The summed E-state index contributed by atoms with van der Waals surface area (Å²) in [5.74, 6) is 0.458. The molecule has 9 nitrogen and oxygen atoms in total. The highest BCUT2D eigenvalue weighted by Gasteiger charge is 2.27. The average molecular weight is 456 g/mol. The molecule has 0 spiro atoms. The number of carbonyl (C=O) groups is 3. The van der Waals surface area contributed by atoms with Gasteiger partial charge in [0.25, 0.3) is 11.8 Å². The highest BCUT2D eigenvalue weighted by molar-refractivity contribution is 5.96. The molecule has 0 atom stereocenters. The largest absolute Gasteiger partial charge is 0.493 e. The Labute approximate surface area is 193 Å². The molecule has 176 valence electrons. The molecule has 1 fully saturated rings. The Bertz CT molecular complexity index is 958. The van der Waals surface area contributed by atoms with Crippen molar-refractivity contribution >= 4 is 17.7 Å². The van der Waals surface area contributed by atoms with E-state index >= 15 is 0 Å². The van der Waals surface area contributed by atoms with Crippen molar-refractivity contribution in [1.82, 2.24) is 15.8 Å². The van der Waals surface area contributed by atoms with Crippen LogP contribution < -0.4 is 25.1 Å². The van der Waals surface area contributed by atoms with Crippen LogP contribution in [0, 0.1) is 5.92 Å². The summed E-state index contributed by atoms with van der Waals surface area (Å²) < 4.78 is 16.2. The van der Waals surface area contributed by atoms with Gasteiger partial charge >= 0.3 is 0 Å². The molecule has 33 heavy (non-hydrogen) atoms. The van der Waals surface area contributed by atoms with E-state index in [0.717, 1.165) is 0 Å². The normalized spacial score (nSPS) is 13.7. The maximum Gasteiger partial charge on any atom is 0.269 e. The smallest absolute Gasteiger partial charge is 0.269 e. The predicted molar refractivity (Wildman–Crippen MR) is 121 cm³/mol. The van der Waals surface area contributed by atoms with Crippen molar-refractivity contribution < 1.29 is 28.6 Å². The summed E-state index contributed by atoms with van der Waals surface area (Å²) in [5.41, 5.74) is 5.24. The number of nitrogens with one attached hydrogen (secondary N) is 2. The minimum Gasteiger partial charge on any atom is -0.493 e. The van der Waals surface area contributed by atoms with Crippen molar-refractivity contribution in [2.24, 2.45) is 5.92 Å². The van der Waals surface area contributed by atoms with Gasteiger partial charge < -0.3 is 19.1 Å². The topological polar surface area (TPSA) is 106 Å². The fourth-order valence-corrected chi connectivity index (χ4v) is 3.52. The number of para-hydroxylation sites is 1. The van der Waals surface area contributed by atoms with Crippen LogP contribution in [-0.4, -0.2) is 56.0 Å². The van der Waals surface area contributed by atoms with Crippen LogP contribution in [0.4, 0.5) is 0 Å². The number of amides is 3. The standard InChI is InChI=1S/C24H29N3O6/c1-3-32-20-10-9-18(15-21(20)31-2)24(30)26-25-23(29)17-11-13-27(14-12-17)22(28)16-33-19-7-5-4-6-8-19/h4-10,15,17H,3,11-14,16H2,1-2H3,(H,25,29)(H,26,30). The van der Waals surface area contributed by atoms with E-state index in [1.54, 1.807) is 35.2 Å². The van der Waals surface area contributed by atoms with E-state index < -0.39 is 5.91 Å². The van der Waals surface area contributed by atoms with Gasteiger partial charge in [-0.2, -0.15) is 0 Å². The zero-order chi connectivity index (χ0) is 23.6.